The summed E-state index contributed by atoms with van der Waals surface area (Å²) in [6, 6.07) is 3.43. The summed E-state index contributed by atoms with van der Waals surface area (Å²) in [5, 5.41) is 0. The van der Waals surface area contributed by atoms with Gasteiger partial charge < -0.3 is 9.15 Å². The lowest BCUT2D eigenvalue weighted by atomic mass is 10.1. The normalized spacial score (nSPS) is 20.7. The van der Waals surface area contributed by atoms with Crippen molar-refractivity contribution in [2.45, 2.75) is 31.8 Å². The molecule has 4 heteroatoms. The van der Waals surface area contributed by atoms with Crippen LogP contribution in [-0.4, -0.2) is 18.5 Å². The number of ether oxygens (including phenoxy) is 1. The van der Waals surface area contributed by atoms with Crippen molar-refractivity contribution in [3.63, 3.8) is 0 Å². The first-order chi connectivity index (χ1) is 7.25. The molecule has 1 aromatic heterocycles. The number of halogens is 1. The largest absolute Gasteiger partial charge is 0.446 e. The Morgan fingerprint density at radius 2 is 2.40 bits per heavy atom. The summed E-state index contributed by atoms with van der Waals surface area (Å²) >= 11 is 3.17. The van der Waals surface area contributed by atoms with Crippen molar-refractivity contribution >= 4 is 21.7 Å². The summed E-state index contributed by atoms with van der Waals surface area (Å²) in [5.74, 6) is 0.482. The van der Waals surface area contributed by atoms with Gasteiger partial charge in [0, 0.05) is 13.0 Å². The van der Waals surface area contributed by atoms with E-state index in [2.05, 4.69) is 15.9 Å². The van der Waals surface area contributed by atoms with Crippen molar-refractivity contribution in [3.8, 4) is 0 Å². The van der Waals surface area contributed by atoms with Crippen molar-refractivity contribution < 1.29 is 13.9 Å². The van der Waals surface area contributed by atoms with Crippen LogP contribution in [0.3, 0.4) is 0 Å². The zero-order chi connectivity index (χ0) is 10.7. The summed E-state index contributed by atoms with van der Waals surface area (Å²) in [5.41, 5.74) is 0. The van der Waals surface area contributed by atoms with Crippen LogP contribution >= 0.6 is 15.9 Å². The van der Waals surface area contributed by atoms with E-state index in [-0.39, 0.29) is 11.9 Å². The van der Waals surface area contributed by atoms with Gasteiger partial charge in [0.2, 0.25) is 0 Å². The minimum Gasteiger partial charge on any atom is -0.446 e. The highest BCUT2D eigenvalue weighted by atomic mass is 79.9. The number of carbonyl (C=O) groups is 1. The molecule has 0 amide bonds. The van der Waals surface area contributed by atoms with Crippen LogP contribution in [0.1, 0.15) is 36.2 Å². The average Bonchev–Trinajstić information content (AvgIpc) is 2.84. The predicted molar refractivity (Wildman–Crippen MR) is 58.9 cm³/mol. The Kier molecular flexibility index (Phi) is 3.59. The van der Waals surface area contributed by atoms with E-state index in [1.807, 2.05) is 0 Å². The number of carbonyl (C=O) groups excluding carboxylic acids is 1. The fourth-order valence-electron chi connectivity index (χ4n) is 1.75. The SMILES string of the molecule is O=C(CCC1CCCO1)c1ccc(Br)o1. The maximum atomic E-state index is 11.6. The lowest BCUT2D eigenvalue weighted by Gasteiger charge is -2.06. The first kappa shape index (κ1) is 10.9. The first-order valence-corrected chi connectivity index (χ1v) is 5.95. The number of ketones is 1. The van der Waals surface area contributed by atoms with Crippen molar-refractivity contribution in [2.75, 3.05) is 6.61 Å². The molecule has 82 valence electrons. The van der Waals surface area contributed by atoms with Crippen LogP contribution in [0.5, 0.6) is 0 Å². The van der Waals surface area contributed by atoms with E-state index in [0.717, 1.165) is 25.9 Å². The number of furan rings is 1. The molecule has 0 aromatic carbocycles. The van der Waals surface area contributed by atoms with Crippen LogP contribution in [0.4, 0.5) is 0 Å². The van der Waals surface area contributed by atoms with Crippen molar-refractivity contribution in [3.05, 3.63) is 22.6 Å². The topological polar surface area (TPSA) is 39.4 Å². The van der Waals surface area contributed by atoms with E-state index >= 15 is 0 Å². The zero-order valence-electron chi connectivity index (χ0n) is 8.37. The maximum absolute atomic E-state index is 11.6. The van der Waals surface area contributed by atoms with Crippen molar-refractivity contribution in [2.24, 2.45) is 0 Å². The molecular formula is C11H13BrO3. The molecule has 0 bridgehead atoms. The molecule has 15 heavy (non-hydrogen) atoms. The van der Waals surface area contributed by atoms with Gasteiger partial charge in [-0.05, 0) is 47.3 Å². The summed E-state index contributed by atoms with van der Waals surface area (Å²) in [7, 11) is 0. The van der Waals surface area contributed by atoms with Gasteiger partial charge in [0.15, 0.2) is 16.2 Å². The van der Waals surface area contributed by atoms with E-state index in [1.54, 1.807) is 12.1 Å². The molecule has 1 atom stereocenters. The van der Waals surface area contributed by atoms with Crippen LogP contribution in [-0.2, 0) is 4.74 Å². The van der Waals surface area contributed by atoms with Gasteiger partial charge >= 0.3 is 0 Å². The molecule has 1 aliphatic heterocycles. The van der Waals surface area contributed by atoms with Gasteiger partial charge in [0.05, 0.1) is 6.10 Å². The smallest absolute Gasteiger partial charge is 0.198 e. The van der Waals surface area contributed by atoms with Gasteiger partial charge in [-0.1, -0.05) is 0 Å². The summed E-state index contributed by atoms with van der Waals surface area (Å²) in [4.78, 5) is 11.6. The average molecular weight is 273 g/mol. The summed E-state index contributed by atoms with van der Waals surface area (Å²) in [6.07, 6.45) is 3.77. The van der Waals surface area contributed by atoms with Crippen molar-refractivity contribution in [1.29, 1.82) is 0 Å². The Hall–Kier alpha value is -0.610. The molecular weight excluding hydrogens is 260 g/mol. The summed E-state index contributed by atoms with van der Waals surface area (Å²) < 4.78 is 11.2. The first-order valence-electron chi connectivity index (χ1n) is 5.16. The molecule has 1 fully saturated rings. The third-order valence-corrected chi connectivity index (χ3v) is 2.99. The molecule has 1 saturated heterocycles. The van der Waals surface area contributed by atoms with Crippen molar-refractivity contribution in [1.82, 2.24) is 0 Å². The third kappa shape index (κ3) is 2.92. The second-order valence-corrected chi connectivity index (χ2v) is 4.48. The molecule has 0 saturated carbocycles. The van der Waals surface area contributed by atoms with Crippen LogP contribution < -0.4 is 0 Å². The molecule has 1 aromatic rings. The minimum absolute atomic E-state index is 0.0520. The molecule has 3 nitrogen and oxygen atoms in total. The number of hydrogen-bond acceptors (Lipinski definition) is 3. The van der Waals surface area contributed by atoms with Gasteiger partial charge in [-0.3, -0.25) is 4.79 Å². The second kappa shape index (κ2) is 4.94. The predicted octanol–water partition coefficient (Wildman–Crippen LogP) is 3.18. The number of hydrogen-bond donors (Lipinski definition) is 0. The van der Waals surface area contributed by atoms with Gasteiger partial charge in [-0.2, -0.15) is 0 Å². The second-order valence-electron chi connectivity index (χ2n) is 3.70. The van der Waals surface area contributed by atoms with Gasteiger partial charge in [-0.15, -0.1) is 0 Å². The van der Waals surface area contributed by atoms with E-state index in [0.29, 0.717) is 16.9 Å². The Bertz CT molecular complexity index is 339. The fourth-order valence-corrected chi connectivity index (χ4v) is 2.06. The molecule has 0 aliphatic carbocycles. The number of Topliss-reactive ketones (excluding diaryl/α,β-unsaturated/α-hetero) is 1. The number of rotatable bonds is 4. The molecule has 0 radical (unpaired) electrons. The van der Waals surface area contributed by atoms with Gasteiger partial charge in [0.25, 0.3) is 0 Å². The van der Waals surface area contributed by atoms with E-state index < -0.39 is 0 Å². The highest BCUT2D eigenvalue weighted by molar-refractivity contribution is 9.10. The Morgan fingerprint density at radius 1 is 1.53 bits per heavy atom. The molecule has 0 spiro atoms. The lowest BCUT2D eigenvalue weighted by molar-refractivity contribution is 0.0839. The maximum Gasteiger partial charge on any atom is 0.198 e. The minimum atomic E-state index is 0.0520. The van der Waals surface area contributed by atoms with Crippen LogP contribution in [0.15, 0.2) is 21.2 Å². The van der Waals surface area contributed by atoms with E-state index in [9.17, 15) is 4.79 Å². The third-order valence-electron chi connectivity index (χ3n) is 2.57. The quantitative estimate of drug-likeness (QED) is 0.791. The Labute approximate surface area is 96.9 Å². The zero-order valence-corrected chi connectivity index (χ0v) is 9.96. The molecule has 1 aliphatic rings. The highest BCUT2D eigenvalue weighted by Crippen LogP contribution is 2.20. The summed E-state index contributed by atoms with van der Waals surface area (Å²) in [6.45, 7) is 0.838. The van der Waals surface area contributed by atoms with Gasteiger partial charge in [-0.25, -0.2) is 0 Å². The molecule has 2 rings (SSSR count). The standard InChI is InChI=1S/C11H13BrO3/c12-11-6-5-10(15-11)9(13)4-3-8-2-1-7-14-8/h5-6,8H,1-4,7H2. The van der Waals surface area contributed by atoms with Crippen LogP contribution in [0, 0.1) is 0 Å². The van der Waals surface area contributed by atoms with Gasteiger partial charge in [0.1, 0.15) is 0 Å². The van der Waals surface area contributed by atoms with E-state index in [1.165, 1.54) is 0 Å². The highest BCUT2D eigenvalue weighted by Gasteiger charge is 2.18. The fraction of sp³-hybridized carbons (Fsp3) is 0.545. The molecule has 2 heterocycles. The molecule has 0 N–H and O–H groups in total. The Morgan fingerprint density at radius 3 is 3.00 bits per heavy atom. The molecule has 1 unspecified atom stereocenters. The van der Waals surface area contributed by atoms with Crippen LogP contribution in [0.25, 0.3) is 0 Å². The van der Waals surface area contributed by atoms with E-state index in [4.69, 9.17) is 9.15 Å². The lowest BCUT2D eigenvalue weighted by Crippen LogP contribution is -2.08. The Balaban J connectivity index is 1.81. The monoisotopic (exact) mass is 272 g/mol. The van der Waals surface area contributed by atoms with Crippen LogP contribution in [0.2, 0.25) is 0 Å².